The minimum absolute atomic E-state index is 0.101. The number of likely N-dealkylation sites (N-methyl/N-ethyl adjacent to an activating group) is 1. The van der Waals surface area contributed by atoms with E-state index in [0.717, 1.165) is 5.69 Å². The van der Waals surface area contributed by atoms with Gasteiger partial charge in [-0.1, -0.05) is 27.7 Å². The molecule has 1 N–H and O–H groups in total. The van der Waals surface area contributed by atoms with Crippen molar-refractivity contribution >= 4 is 5.78 Å². The molecule has 0 saturated carbocycles. The van der Waals surface area contributed by atoms with Gasteiger partial charge in [-0.3, -0.25) is 4.79 Å². The summed E-state index contributed by atoms with van der Waals surface area (Å²) in [7, 11) is 3.72. The number of rotatable bonds is 4. The molecule has 0 aliphatic carbocycles. The summed E-state index contributed by atoms with van der Waals surface area (Å²) < 4.78 is 1.92. The first kappa shape index (κ1) is 18.2. The molecule has 1 aromatic heterocycles. The molecule has 0 spiro atoms. The summed E-state index contributed by atoms with van der Waals surface area (Å²) in [6.45, 7) is 9.59. The van der Waals surface area contributed by atoms with Crippen LogP contribution in [0.3, 0.4) is 0 Å². The maximum absolute atomic E-state index is 11.1. The van der Waals surface area contributed by atoms with E-state index in [9.17, 15) is 4.79 Å². The lowest BCUT2D eigenvalue weighted by molar-refractivity contribution is -0.118. The number of imidazole rings is 1. The van der Waals surface area contributed by atoms with Crippen LogP contribution in [0.2, 0.25) is 0 Å². The normalized spacial score (nSPS) is 10.5. The van der Waals surface area contributed by atoms with E-state index in [1.807, 2.05) is 39.3 Å². The fraction of sp³-hybridized carbons (Fsp3) is 0.692. The van der Waals surface area contributed by atoms with Gasteiger partial charge >= 0.3 is 0 Å². The summed E-state index contributed by atoms with van der Waals surface area (Å²) in [5.74, 6) is 0.156. The first-order valence-corrected chi connectivity index (χ1v) is 6.28. The molecule has 17 heavy (non-hydrogen) atoms. The molecule has 1 heterocycles. The summed E-state index contributed by atoms with van der Waals surface area (Å²) in [6, 6.07) is -0.101. The number of aryl methyl sites for hydroxylation is 1. The van der Waals surface area contributed by atoms with Gasteiger partial charge in [-0.25, -0.2) is 4.98 Å². The van der Waals surface area contributed by atoms with Crippen LogP contribution in [0.5, 0.6) is 0 Å². The largest absolute Gasteiger partial charge is 0.338 e. The van der Waals surface area contributed by atoms with Crippen LogP contribution in [0.15, 0.2) is 12.5 Å². The molecular formula is C13H27N3O. The number of nitrogens with one attached hydrogen (secondary N) is 1. The Morgan fingerprint density at radius 1 is 1.41 bits per heavy atom. The molecule has 0 radical (unpaired) electrons. The number of Topliss-reactive ketones (excluding diaryl/α,β-unsaturated/α-hetero) is 1. The van der Waals surface area contributed by atoms with Gasteiger partial charge in [0.2, 0.25) is 0 Å². The summed E-state index contributed by atoms with van der Waals surface area (Å²) >= 11 is 0. The van der Waals surface area contributed by atoms with Crippen LogP contribution in [0.1, 0.15) is 40.3 Å². The van der Waals surface area contributed by atoms with Crippen molar-refractivity contribution in [1.82, 2.24) is 14.9 Å². The van der Waals surface area contributed by atoms with E-state index in [4.69, 9.17) is 0 Å². The highest BCUT2D eigenvalue weighted by Gasteiger charge is 2.13. The van der Waals surface area contributed by atoms with E-state index < -0.39 is 0 Å². The molecule has 0 bridgehead atoms. The fourth-order valence-corrected chi connectivity index (χ4v) is 1.24. The summed E-state index contributed by atoms with van der Waals surface area (Å²) in [5.41, 5.74) is 1.06. The van der Waals surface area contributed by atoms with Crippen LogP contribution in [0.25, 0.3) is 0 Å². The standard InChI is InChI=1S/C9H15N3O.2C2H6/c1-7(13)9(10-2)4-8-5-11-6-12(8)3;2*1-2/h5-6,9-10H,4H2,1-3H3;2*1-2H3/t9-;;/m0../s1. The number of hydrogen-bond acceptors (Lipinski definition) is 3. The Bertz CT molecular complexity index is 295. The van der Waals surface area contributed by atoms with Crippen molar-refractivity contribution < 1.29 is 4.79 Å². The second kappa shape index (κ2) is 11.3. The molecule has 0 amide bonds. The van der Waals surface area contributed by atoms with Crippen molar-refractivity contribution in [3.8, 4) is 0 Å². The van der Waals surface area contributed by atoms with Gasteiger partial charge in [0, 0.05) is 25.4 Å². The Morgan fingerprint density at radius 2 is 1.94 bits per heavy atom. The summed E-state index contributed by atoms with van der Waals surface area (Å²) in [5, 5.41) is 2.98. The van der Waals surface area contributed by atoms with Crippen LogP contribution >= 0.6 is 0 Å². The lowest BCUT2D eigenvalue weighted by atomic mass is 10.1. The predicted octanol–water partition coefficient (Wildman–Crippen LogP) is 2.19. The van der Waals surface area contributed by atoms with Crippen LogP contribution < -0.4 is 5.32 Å². The van der Waals surface area contributed by atoms with Crippen molar-refractivity contribution in [1.29, 1.82) is 0 Å². The van der Waals surface area contributed by atoms with Gasteiger partial charge in [-0.2, -0.15) is 0 Å². The van der Waals surface area contributed by atoms with E-state index in [1.165, 1.54) is 0 Å². The number of carbonyl (C=O) groups is 1. The zero-order valence-electron chi connectivity index (χ0n) is 12.2. The summed E-state index contributed by atoms with van der Waals surface area (Å²) in [4.78, 5) is 15.1. The minimum atomic E-state index is -0.101. The average molecular weight is 241 g/mol. The van der Waals surface area contributed by atoms with E-state index in [1.54, 1.807) is 26.5 Å². The SMILES string of the molecule is CC.CC.CN[C@@H](Cc1cncn1C)C(C)=O. The number of hydrogen-bond donors (Lipinski definition) is 1. The molecule has 4 heteroatoms. The maximum atomic E-state index is 11.1. The lowest BCUT2D eigenvalue weighted by Gasteiger charge is -2.12. The Hall–Kier alpha value is -1.16. The molecule has 100 valence electrons. The topological polar surface area (TPSA) is 46.9 Å². The van der Waals surface area contributed by atoms with Gasteiger partial charge in [0.05, 0.1) is 12.4 Å². The molecule has 1 aromatic rings. The highest BCUT2D eigenvalue weighted by atomic mass is 16.1. The van der Waals surface area contributed by atoms with Gasteiger partial charge in [-0.15, -0.1) is 0 Å². The van der Waals surface area contributed by atoms with E-state index >= 15 is 0 Å². The van der Waals surface area contributed by atoms with E-state index in [2.05, 4.69) is 10.3 Å². The maximum Gasteiger partial charge on any atom is 0.147 e. The average Bonchev–Trinajstić information content (AvgIpc) is 2.76. The number of nitrogens with zero attached hydrogens (tertiary/aromatic N) is 2. The molecule has 0 aliphatic rings. The molecule has 1 rings (SSSR count). The number of aromatic nitrogens is 2. The monoisotopic (exact) mass is 241 g/mol. The second-order valence-electron chi connectivity index (χ2n) is 3.15. The van der Waals surface area contributed by atoms with Gasteiger partial charge in [0.25, 0.3) is 0 Å². The van der Waals surface area contributed by atoms with Crippen molar-refractivity contribution in [2.24, 2.45) is 7.05 Å². The third kappa shape index (κ3) is 6.89. The fourth-order valence-electron chi connectivity index (χ4n) is 1.24. The van der Waals surface area contributed by atoms with Gasteiger partial charge in [0.15, 0.2) is 0 Å². The Labute approximate surface area is 105 Å². The van der Waals surface area contributed by atoms with Crippen LogP contribution in [0.4, 0.5) is 0 Å². The number of carbonyl (C=O) groups excluding carboxylic acids is 1. The quantitative estimate of drug-likeness (QED) is 0.879. The first-order chi connectivity index (χ1) is 8.15. The van der Waals surface area contributed by atoms with Gasteiger partial charge in [-0.05, 0) is 14.0 Å². The lowest BCUT2D eigenvalue weighted by Crippen LogP contribution is -2.34. The molecule has 0 unspecified atom stereocenters. The minimum Gasteiger partial charge on any atom is -0.338 e. The molecule has 0 fully saturated rings. The molecule has 0 aliphatic heterocycles. The Kier molecular flexibility index (Phi) is 12.1. The van der Waals surface area contributed by atoms with Crippen LogP contribution in [-0.2, 0) is 18.3 Å². The Morgan fingerprint density at radius 3 is 2.24 bits per heavy atom. The van der Waals surface area contributed by atoms with Crippen molar-refractivity contribution in [2.45, 2.75) is 47.1 Å². The predicted molar refractivity (Wildman–Crippen MR) is 73.1 cm³/mol. The third-order valence-corrected chi connectivity index (χ3v) is 2.17. The van der Waals surface area contributed by atoms with Crippen LogP contribution in [-0.4, -0.2) is 28.4 Å². The summed E-state index contributed by atoms with van der Waals surface area (Å²) in [6.07, 6.45) is 4.22. The molecule has 0 aromatic carbocycles. The van der Waals surface area contributed by atoms with E-state index in [0.29, 0.717) is 6.42 Å². The van der Waals surface area contributed by atoms with Gasteiger partial charge < -0.3 is 9.88 Å². The molecule has 1 atom stereocenters. The highest BCUT2D eigenvalue weighted by molar-refractivity contribution is 5.81. The Balaban J connectivity index is 0. The van der Waals surface area contributed by atoms with Crippen molar-refractivity contribution in [2.75, 3.05) is 7.05 Å². The zero-order chi connectivity index (χ0) is 13.8. The highest BCUT2D eigenvalue weighted by Crippen LogP contribution is 2.01. The van der Waals surface area contributed by atoms with Crippen molar-refractivity contribution in [3.63, 3.8) is 0 Å². The van der Waals surface area contributed by atoms with Gasteiger partial charge in [0.1, 0.15) is 5.78 Å². The van der Waals surface area contributed by atoms with Crippen LogP contribution in [0, 0.1) is 0 Å². The smallest absolute Gasteiger partial charge is 0.147 e. The van der Waals surface area contributed by atoms with E-state index in [-0.39, 0.29) is 11.8 Å². The molecule has 4 nitrogen and oxygen atoms in total. The number of ketones is 1. The van der Waals surface area contributed by atoms with Crippen molar-refractivity contribution in [3.05, 3.63) is 18.2 Å². The molecular weight excluding hydrogens is 214 g/mol. The molecule has 0 saturated heterocycles. The zero-order valence-corrected chi connectivity index (χ0v) is 12.2. The first-order valence-electron chi connectivity index (χ1n) is 6.28. The second-order valence-corrected chi connectivity index (χ2v) is 3.15. The third-order valence-electron chi connectivity index (χ3n) is 2.17.